The third-order valence-electron chi connectivity index (χ3n) is 3.67. The zero-order valence-corrected chi connectivity index (χ0v) is 13.0. The molecule has 3 rings (SSSR count). The Morgan fingerprint density at radius 3 is 2.70 bits per heavy atom. The number of rotatable bonds is 4. The molecule has 6 nitrogen and oxygen atoms in total. The molecule has 0 aliphatic carbocycles. The quantitative estimate of drug-likeness (QED) is 0.776. The third kappa shape index (κ3) is 3.02. The van der Waals surface area contributed by atoms with Crippen LogP contribution >= 0.6 is 0 Å². The average Bonchev–Trinajstić information content (AvgIpc) is 2.98. The van der Waals surface area contributed by atoms with Crippen LogP contribution in [0, 0.1) is 0 Å². The molecular weight excluding hydrogens is 292 g/mol. The SMILES string of the molecule is COc1ccn2ncc(C(=O)Nc3ccc(C(C)N)cc3)c2c1. The number of nitrogens with two attached hydrogens (primary N) is 1. The van der Waals surface area contributed by atoms with Gasteiger partial charge in [-0.15, -0.1) is 0 Å². The molecule has 23 heavy (non-hydrogen) atoms. The van der Waals surface area contributed by atoms with Crippen molar-refractivity contribution >= 4 is 17.1 Å². The van der Waals surface area contributed by atoms with Crippen molar-refractivity contribution in [3.63, 3.8) is 0 Å². The second-order valence-corrected chi connectivity index (χ2v) is 5.32. The lowest BCUT2D eigenvalue weighted by Gasteiger charge is -2.08. The predicted octanol–water partition coefficient (Wildman–Crippen LogP) is 2.61. The maximum absolute atomic E-state index is 12.5. The number of carbonyl (C=O) groups is 1. The number of amides is 1. The number of aromatic nitrogens is 2. The van der Waals surface area contributed by atoms with Crippen LogP contribution in [0.4, 0.5) is 5.69 Å². The minimum atomic E-state index is -0.221. The van der Waals surface area contributed by atoms with Crippen molar-refractivity contribution in [2.24, 2.45) is 5.73 Å². The number of carbonyl (C=O) groups excluding carboxylic acids is 1. The smallest absolute Gasteiger partial charge is 0.259 e. The Labute approximate surface area is 133 Å². The maximum atomic E-state index is 12.5. The van der Waals surface area contributed by atoms with E-state index in [0.29, 0.717) is 22.5 Å². The van der Waals surface area contributed by atoms with Gasteiger partial charge in [-0.25, -0.2) is 4.52 Å². The van der Waals surface area contributed by atoms with E-state index in [2.05, 4.69) is 10.4 Å². The van der Waals surface area contributed by atoms with Crippen molar-refractivity contribution in [1.82, 2.24) is 9.61 Å². The van der Waals surface area contributed by atoms with Gasteiger partial charge in [-0.2, -0.15) is 5.10 Å². The molecule has 0 saturated carbocycles. The number of nitrogens with zero attached hydrogens (tertiary/aromatic N) is 2. The molecule has 0 aliphatic rings. The molecular formula is C17H18N4O2. The highest BCUT2D eigenvalue weighted by Gasteiger charge is 2.13. The molecule has 118 valence electrons. The Kier molecular flexibility index (Phi) is 3.99. The normalized spacial score (nSPS) is 12.1. The first-order chi connectivity index (χ1) is 11.1. The van der Waals surface area contributed by atoms with Gasteiger partial charge in [-0.1, -0.05) is 12.1 Å². The van der Waals surface area contributed by atoms with Crippen LogP contribution in [0.25, 0.3) is 5.52 Å². The van der Waals surface area contributed by atoms with Gasteiger partial charge in [0.2, 0.25) is 0 Å². The molecule has 1 atom stereocenters. The van der Waals surface area contributed by atoms with Crippen LogP contribution in [0.5, 0.6) is 5.75 Å². The number of ether oxygens (including phenoxy) is 1. The monoisotopic (exact) mass is 310 g/mol. The van der Waals surface area contributed by atoms with Crippen molar-refractivity contribution in [1.29, 1.82) is 0 Å². The van der Waals surface area contributed by atoms with Crippen LogP contribution in [0.2, 0.25) is 0 Å². The summed E-state index contributed by atoms with van der Waals surface area (Å²) in [7, 11) is 1.59. The van der Waals surface area contributed by atoms with E-state index >= 15 is 0 Å². The molecule has 0 radical (unpaired) electrons. The van der Waals surface area contributed by atoms with E-state index in [-0.39, 0.29) is 11.9 Å². The highest BCUT2D eigenvalue weighted by Crippen LogP contribution is 2.19. The number of pyridine rings is 1. The number of fused-ring (bicyclic) bond motifs is 1. The Morgan fingerprint density at radius 1 is 1.30 bits per heavy atom. The highest BCUT2D eigenvalue weighted by molar-refractivity contribution is 6.08. The van der Waals surface area contributed by atoms with E-state index in [9.17, 15) is 4.79 Å². The molecule has 0 aliphatic heterocycles. The predicted molar refractivity (Wildman–Crippen MR) is 88.7 cm³/mol. The molecule has 1 aromatic carbocycles. The lowest BCUT2D eigenvalue weighted by atomic mass is 10.1. The summed E-state index contributed by atoms with van der Waals surface area (Å²) in [6.45, 7) is 1.92. The van der Waals surface area contributed by atoms with Crippen LogP contribution in [0.3, 0.4) is 0 Å². The van der Waals surface area contributed by atoms with Gasteiger partial charge >= 0.3 is 0 Å². The van der Waals surface area contributed by atoms with Crippen LogP contribution in [-0.2, 0) is 0 Å². The molecule has 1 amide bonds. The first kappa shape index (κ1) is 15.1. The molecule has 0 spiro atoms. The van der Waals surface area contributed by atoms with Gasteiger partial charge in [-0.05, 0) is 30.7 Å². The van der Waals surface area contributed by atoms with Crippen LogP contribution in [0.1, 0.15) is 28.9 Å². The standard InChI is InChI=1S/C17H18N4O2/c1-11(18)12-3-5-13(6-4-12)20-17(22)15-10-19-21-8-7-14(23-2)9-16(15)21/h3-11H,18H2,1-2H3,(H,20,22). The fourth-order valence-electron chi connectivity index (χ4n) is 2.33. The van der Waals surface area contributed by atoms with Crippen molar-refractivity contribution in [3.05, 3.63) is 59.9 Å². The molecule has 1 unspecified atom stereocenters. The van der Waals surface area contributed by atoms with Crippen LogP contribution < -0.4 is 15.8 Å². The number of anilines is 1. The van der Waals surface area contributed by atoms with E-state index in [1.165, 1.54) is 0 Å². The van der Waals surface area contributed by atoms with E-state index in [4.69, 9.17) is 10.5 Å². The fourth-order valence-corrected chi connectivity index (χ4v) is 2.33. The van der Waals surface area contributed by atoms with E-state index in [1.54, 1.807) is 36.2 Å². The summed E-state index contributed by atoms with van der Waals surface area (Å²) < 4.78 is 6.83. The second-order valence-electron chi connectivity index (χ2n) is 5.32. The van der Waals surface area contributed by atoms with Crippen molar-refractivity contribution < 1.29 is 9.53 Å². The zero-order chi connectivity index (χ0) is 16.4. The third-order valence-corrected chi connectivity index (χ3v) is 3.67. The largest absolute Gasteiger partial charge is 0.497 e. The van der Waals surface area contributed by atoms with Gasteiger partial charge in [0.1, 0.15) is 5.75 Å². The Morgan fingerprint density at radius 2 is 2.04 bits per heavy atom. The average molecular weight is 310 g/mol. The molecule has 3 aromatic rings. The minimum absolute atomic E-state index is 0.0353. The first-order valence-electron chi connectivity index (χ1n) is 7.27. The Balaban J connectivity index is 1.85. The van der Waals surface area contributed by atoms with Gasteiger partial charge in [0.15, 0.2) is 0 Å². The van der Waals surface area contributed by atoms with E-state index in [1.807, 2.05) is 31.2 Å². The molecule has 6 heteroatoms. The lowest BCUT2D eigenvalue weighted by molar-refractivity contribution is 0.102. The topological polar surface area (TPSA) is 81.7 Å². The van der Waals surface area contributed by atoms with Crippen molar-refractivity contribution in [2.75, 3.05) is 12.4 Å². The molecule has 2 heterocycles. The van der Waals surface area contributed by atoms with Crippen molar-refractivity contribution in [2.45, 2.75) is 13.0 Å². The summed E-state index contributed by atoms with van der Waals surface area (Å²) >= 11 is 0. The first-order valence-corrected chi connectivity index (χ1v) is 7.27. The van der Waals surface area contributed by atoms with Gasteiger partial charge in [0.25, 0.3) is 5.91 Å². The molecule has 0 saturated heterocycles. The summed E-state index contributed by atoms with van der Waals surface area (Å²) in [5, 5.41) is 7.04. The summed E-state index contributed by atoms with van der Waals surface area (Å²) in [5.74, 6) is 0.454. The minimum Gasteiger partial charge on any atom is -0.497 e. The number of hydrogen-bond donors (Lipinski definition) is 2. The van der Waals surface area contributed by atoms with Gasteiger partial charge in [0, 0.05) is 24.0 Å². The second kappa shape index (κ2) is 6.10. The van der Waals surface area contributed by atoms with E-state index < -0.39 is 0 Å². The summed E-state index contributed by atoms with van der Waals surface area (Å²) in [4.78, 5) is 12.5. The van der Waals surface area contributed by atoms with Gasteiger partial charge in [0.05, 0.1) is 24.4 Å². The molecule has 0 bridgehead atoms. The molecule has 0 fully saturated rings. The number of nitrogens with one attached hydrogen (secondary N) is 1. The van der Waals surface area contributed by atoms with Crippen LogP contribution in [-0.4, -0.2) is 22.6 Å². The number of hydrogen-bond acceptors (Lipinski definition) is 4. The van der Waals surface area contributed by atoms with Gasteiger partial charge < -0.3 is 15.8 Å². The Hall–Kier alpha value is -2.86. The summed E-state index contributed by atoms with van der Waals surface area (Å²) in [6, 6.07) is 11.0. The van der Waals surface area contributed by atoms with Crippen molar-refractivity contribution in [3.8, 4) is 5.75 Å². The summed E-state index contributed by atoms with van der Waals surface area (Å²) in [6.07, 6.45) is 3.29. The van der Waals surface area contributed by atoms with Gasteiger partial charge in [-0.3, -0.25) is 4.79 Å². The lowest BCUT2D eigenvalue weighted by Crippen LogP contribution is -2.12. The number of benzene rings is 1. The Bertz CT molecular complexity index is 837. The molecule has 3 N–H and O–H groups in total. The molecule has 2 aromatic heterocycles. The fraction of sp³-hybridized carbons (Fsp3) is 0.176. The van der Waals surface area contributed by atoms with E-state index in [0.717, 1.165) is 5.56 Å². The number of methoxy groups -OCH3 is 1. The zero-order valence-electron chi connectivity index (χ0n) is 13.0. The van der Waals surface area contributed by atoms with Crippen LogP contribution in [0.15, 0.2) is 48.8 Å². The maximum Gasteiger partial charge on any atom is 0.259 e. The summed E-state index contributed by atoms with van der Waals surface area (Å²) in [5.41, 5.74) is 8.72. The highest BCUT2D eigenvalue weighted by atomic mass is 16.5.